The molecule has 0 saturated heterocycles. The molecule has 2 N–H and O–H groups in total. The van der Waals surface area contributed by atoms with Gasteiger partial charge in [0.05, 0.1) is 13.7 Å². The number of methoxy groups -OCH3 is 1. The van der Waals surface area contributed by atoms with Crippen LogP contribution in [-0.4, -0.2) is 49.4 Å². The van der Waals surface area contributed by atoms with Gasteiger partial charge in [-0.3, -0.25) is 4.79 Å². The molecule has 72 valence electrons. The molecule has 0 aliphatic heterocycles. The maximum absolute atomic E-state index is 11.0. The maximum Gasteiger partial charge on any atom is 0.323 e. The molecule has 0 aromatic carbocycles. The third kappa shape index (κ3) is 4.58. The molecule has 0 aliphatic carbocycles. The Labute approximate surface area is 76.7 Å². The van der Waals surface area contributed by atoms with Gasteiger partial charge in [0.15, 0.2) is 0 Å². The van der Waals surface area contributed by atoms with Crippen LogP contribution in [0.2, 0.25) is 0 Å². The largest absolute Gasteiger partial charge is 0.468 e. The summed E-state index contributed by atoms with van der Waals surface area (Å²) >= 11 is 1.52. The lowest BCUT2D eigenvalue weighted by atomic mass is 10.3. The predicted molar refractivity (Wildman–Crippen MR) is 49.3 cm³/mol. The van der Waals surface area contributed by atoms with Crippen LogP contribution in [0.15, 0.2) is 0 Å². The average molecular weight is 193 g/mol. The summed E-state index contributed by atoms with van der Waals surface area (Å²) < 4.78 is 4.56. The van der Waals surface area contributed by atoms with Crippen LogP contribution in [-0.2, 0) is 9.53 Å². The highest BCUT2D eigenvalue weighted by atomic mass is 32.2. The second-order valence-corrected chi connectivity index (χ2v) is 3.31. The molecule has 0 heterocycles. The van der Waals surface area contributed by atoms with Gasteiger partial charge in [-0.15, -0.1) is 0 Å². The minimum Gasteiger partial charge on any atom is -0.468 e. The van der Waals surface area contributed by atoms with Crippen molar-refractivity contribution in [2.75, 3.05) is 32.3 Å². The number of esters is 1. The van der Waals surface area contributed by atoms with Crippen LogP contribution >= 0.6 is 11.8 Å². The summed E-state index contributed by atoms with van der Waals surface area (Å²) in [5.74, 6) is 1.02. The van der Waals surface area contributed by atoms with Crippen molar-refractivity contribution in [2.45, 2.75) is 6.04 Å². The number of thioether (sulfide) groups is 1. The highest BCUT2D eigenvalue weighted by Gasteiger charge is 2.15. The van der Waals surface area contributed by atoms with Gasteiger partial charge in [-0.2, -0.15) is 11.8 Å². The number of nitrogens with one attached hydrogen (secondary N) is 1. The minimum atomic E-state index is -0.272. The molecule has 1 unspecified atom stereocenters. The minimum absolute atomic E-state index is 0.141. The molecule has 4 nitrogen and oxygen atoms in total. The van der Waals surface area contributed by atoms with Crippen molar-refractivity contribution in [1.82, 2.24) is 5.32 Å². The van der Waals surface area contributed by atoms with Crippen LogP contribution in [0.5, 0.6) is 0 Å². The van der Waals surface area contributed by atoms with Crippen molar-refractivity contribution in [3.8, 4) is 0 Å². The number of hydrogen-bond donors (Lipinski definition) is 2. The zero-order valence-corrected chi connectivity index (χ0v) is 8.19. The number of hydrogen-bond acceptors (Lipinski definition) is 5. The first-order valence-electron chi connectivity index (χ1n) is 3.70. The highest BCUT2D eigenvalue weighted by molar-refractivity contribution is 7.99. The summed E-state index contributed by atoms with van der Waals surface area (Å²) in [6.07, 6.45) is 0. The number of aliphatic hydroxyl groups is 1. The first-order chi connectivity index (χ1) is 5.76. The molecular formula is C7H15NO3S. The van der Waals surface area contributed by atoms with Gasteiger partial charge >= 0.3 is 5.97 Å². The lowest BCUT2D eigenvalue weighted by Gasteiger charge is -2.12. The lowest BCUT2D eigenvalue weighted by Crippen LogP contribution is -2.37. The van der Waals surface area contributed by atoms with Gasteiger partial charge in [-0.1, -0.05) is 0 Å². The van der Waals surface area contributed by atoms with E-state index in [1.807, 2.05) is 0 Å². The van der Waals surface area contributed by atoms with E-state index in [4.69, 9.17) is 5.11 Å². The molecule has 0 saturated carbocycles. The molecule has 0 radical (unpaired) electrons. The highest BCUT2D eigenvalue weighted by Crippen LogP contribution is 2.02. The van der Waals surface area contributed by atoms with Crippen molar-refractivity contribution >= 4 is 17.7 Å². The number of aliphatic hydroxyl groups excluding tert-OH is 1. The van der Waals surface area contributed by atoms with E-state index >= 15 is 0 Å². The normalized spacial score (nSPS) is 12.6. The van der Waals surface area contributed by atoms with Gasteiger partial charge in [0, 0.05) is 11.5 Å². The first kappa shape index (κ1) is 11.7. The Morgan fingerprint density at radius 1 is 1.75 bits per heavy atom. The number of likely N-dealkylation sites (N-methyl/N-ethyl adjacent to an activating group) is 1. The Morgan fingerprint density at radius 3 is 2.83 bits per heavy atom. The average Bonchev–Trinajstić information content (AvgIpc) is 2.11. The summed E-state index contributed by atoms with van der Waals surface area (Å²) in [6, 6.07) is -0.272. The van der Waals surface area contributed by atoms with Gasteiger partial charge in [-0.25, -0.2) is 0 Å². The first-order valence-corrected chi connectivity index (χ1v) is 4.85. The van der Waals surface area contributed by atoms with Gasteiger partial charge in [-0.05, 0) is 7.05 Å². The van der Waals surface area contributed by atoms with Crippen LogP contribution in [0.3, 0.4) is 0 Å². The molecule has 0 amide bonds. The number of carbonyl (C=O) groups is 1. The summed E-state index contributed by atoms with van der Waals surface area (Å²) in [4.78, 5) is 11.0. The molecule has 0 fully saturated rings. The van der Waals surface area contributed by atoms with Crippen molar-refractivity contribution in [3.05, 3.63) is 0 Å². The Bertz CT molecular complexity index is 132. The standard InChI is InChI=1S/C7H15NO3S/c1-8-6(7(10)11-2)5-12-4-3-9/h6,8-9H,3-5H2,1-2H3. The fourth-order valence-electron chi connectivity index (χ4n) is 0.677. The van der Waals surface area contributed by atoms with Gasteiger partial charge in [0.1, 0.15) is 6.04 Å². The van der Waals surface area contributed by atoms with Crippen LogP contribution in [0.1, 0.15) is 0 Å². The Hall–Kier alpha value is -0.260. The van der Waals surface area contributed by atoms with Gasteiger partial charge < -0.3 is 15.2 Å². The van der Waals surface area contributed by atoms with Crippen LogP contribution in [0.4, 0.5) is 0 Å². The fourth-order valence-corrected chi connectivity index (χ4v) is 1.51. The summed E-state index contributed by atoms with van der Waals surface area (Å²) in [6.45, 7) is 0.141. The van der Waals surface area contributed by atoms with Crippen molar-refractivity contribution in [3.63, 3.8) is 0 Å². The molecule has 0 spiro atoms. The van der Waals surface area contributed by atoms with E-state index in [2.05, 4.69) is 10.1 Å². The quantitative estimate of drug-likeness (QED) is 0.439. The van der Waals surface area contributed by atoms with E-state index in [1.54, 1.807) is 7.05 Å². The Kier molecular flexibility index (Phi) is 7.23. The van der Waals surface area contributed by atoms with E-state index in [0.717, 1.165) is 0 Å². The number of carbonyl (C=O) groups excluding carboxylic acids is 1. The van der Waals surface area contributed by atoms with Crippen molar-refractivity contribution in [1.29, 1.82) is 0 Å². The van der Waals surface area contributed by atoms with E-state index < -0.39 is 0 Å². The van der Waals surface area contributed by atoms with Crippen LogP contribution in [0.25, 0.3) is 0 Å². The monoisotopic (exact) mass is 193 g/mol. The molecule has 5 heteroatoms. The Balaban J connectivity index is 3.60. The predicted octanol–water partition coefficient (Wildman–Crippen LogP) is -0.527. The van der Waals surface area contributed by atoms with E-state index in [9.17, 15) is 4.79 Å². The second kappa shape index (κ2) is 7.39. The zero-order valence-electron chi connectivity index (χ0n) is 7.37. The smallest absolute Gasteiger partial charge is 0.323 e. The van der Waals surface area contributed by atoms with Gasteiger partial charge in [0.25, 0.3) is 0 Å². The summed E-state index contributed by atoms with van der Waals surface area (Å²) in [7, 11) is 3.07. The van der Waals surface area contributed by atoms with Crippen molar-refractivity contribution in [2.24, 2.45) is 0 Å². The summed E-state index contributed by atoms with van der Waals surface area (Å²) in [5.41, 5.74) is 0. The van der Waals surface area contributed by atoms with Crippen LogP contribution < -0.4 is 5.32 Å². The van der Waals surface area contributed by atoms with E-state index in [1.165, 1.54) is 18.9 Å². The maximum atomic E-state index is 11.0. The number of rotatable bonds is 6. The fraction of sp³-hybridized carbons (Fsp3) is 0.857. The second-order valence-electron chi connectivity index (χ2n) is 2.16. The molecule has 0 rings (SSSR count). The lowest BCUT2D eigenvalue weighted by molar-refractivity contribution is -0.142. The molecular weight excluding hydrogens is 178 g/mol. The van der Waals surface area contributed by atoms with Gasteiger partial charge in [0.2, 0.25) is 0 Å². The molecule has 0 aromatic heterocycles. The summed E-state index contributed by atoms with van der Waals surface area (Å²) in [5, 5.41) is 11.3. The SMILES string of the molecule is CNC(CSCCO)C(=O)OC. The van der Waals surface area contributed by atoms with E-state index in [0.29, 0.717) is 11.5 Å². The topological polar surface area (TPSA) is 58.6 Å². The molecule has 12 heavy (non-hydrogen) atoms. The third-order valence-electron chi connectivity index (χ3n) is 1.35. The number of ether oxygens (including phenoxy) is 1. The molecule has 1 atom stereocenters. The molecule has 0 aliphatic rings. The zero-order chi connectivity index (χ0) is 9.40. The Morgan fingerprint density at radius 2 is 2.42 bits per heavy atom. The van der Waals surface area contributed by atoms with Crippen LogP contribution in [0, 0.1) is 0 Å². The van der Waals surface area contributed by atoms with E-state index in [-0.39, 0.29) is 18.6 Å². The molecule has 0 bridgehead atoms. The molecule has 0 aromatic rings. The van der Waals surface area contributed by atoms with Crippen molar-refractivity contribution < 1.29 is 14.6 Å². The third-order valence-corrected chi connectivity index (χ3v) is 2.39.